The number of methoxy groups -OCH3 is 1. The maximum atomic E-state index is 12.6. The van der Waals surface area contributed by atoms with Gasteiger partial charge < -0.3 is 15.0 Å². The number of hydrogen-bond donors (Lipinski definition) is 1. The summed E-state index contributed by atoms with van der Waals surface area (Å²) in [4.78, 5) is 26.4. The smallest absolute Gasteiger partial charge is 0.243 e. The Kier molecular flexibility index (Phi) is 7.88. The van der Waals surface area contributed by atoms with Crippen LogP contribution in [0.4, 0.5) is 5.69 Å². The standard InChI is InChI=1S/C23H27N5O3S/c1-5-17-8-6-7-9-20(17)24-21(29)14-27(3)22(30)15-32-23-26-25-16(2)28(23)18-10-12-19(31-4)13-11-18/h6-13H,5,14-15H2,1-4H3,(H,24,29). The van der Waals surface area contributed by atoms with E-state index in [1.807, 2.05) is 66.9 Å². The number of carbonyl (C=O) groups excluding carboxylic acids is 2. The summed E-state index contributed by atoms with van der Waals surface area (Å²) in [7, 11) is 3.24. The van der Waals surface area contributed by atoms with Gasteiger partial charge in [0.15, 0.2) is 5.16 Å². The van der Waals surface area contributed by atoms with Crippen LogP contribution in [0.1, 0.15) is 18.3 Å². The zero-order valence-electron chi connectivity index (χ0n) is 18.7. The average Bonchev–Trinajstić information content (AvgIpc) is 3.17. The second kappa shape index (κ2) is 10.8. The van der Waals surface area contributed by atoms with Crippen LogP contribution in [0.15, 0.2) is 53.7 Å². The van der Waals surface area contributed by atoms with Crippen molar-refractivity contribution in [1.82, 2.24) is 19.7 Å². The van der Waals surface area contributed by atoms with Crippen molar-refractivity contribution >= 4 is 29.3 Å². The van der Waals surface area contributed by atoms with E-state index < -0.39 is 0 Å². The number of ether oxygens (including phenoxy) is 1. The molecule has 1 aromatic heterocycles. The van der Waals surface area contributed by atoms with Gasteiger partial charge in [0.25, 0.3) is 0 Å². The summed E-state index contributed by atoms with van der Waals surface area (Å²) < 4.78 is 7.09. The van der Waals surface area contributed by atoms with Gasteiger partial charge >= 0.3 is 0 Å². The first-order valence-electron chi connectivity index (χ1n) is 10.2. The van der Waals surface area contributed by atoms with Gasteiger partial charge in [-0.25, -0.2) is 0 Å². The summed E-state index contributed by atoms with van der Waals surface area (Å²) in [5.74, 6) is 1.21. The van der Waals surface area contributed by atoms with E-state index in [2.05, 4.69) is 15.5 Å². The number of thioether (sulfide) groups is 1. The number of benzene rings is 2. The zero-order valence-corrected chi connectivity index (χ0v) is 19.5. The van der Waals surface area contributed by atoms with Crippen LogP contribution in [0.3, 0.4) is 0 Å². The molecule has 32 heavy (non-hydrogen) atoms. The lowest BCUT2D eigenvalue weighted by Gasteiger charge is -2.17. The summed E-state index contributed by atoms with van der Waals surface area (Å²) in [6.07, 6.45) is 0.816. The number of carbonyl (C=O) groups is 2. The Morgan fingerprint density at radius 1 is 1.12 bits per heavy atom. The van der Waals surface area contributed by atoms with Crippen LogP contribution >= 0.6 is 11.8 Å². The van der Waals surface area contributed by atoms with Crippen LogP contribution in [0.5, 0.6) is 5.75 Å². The molecule has 0 aliphatic heterocycles. The molecule has 8 nitrogen and oxygen atoms in total. The number of nitrogens with one attached hydrogen (secondary N) is 1. The molecule has 2 aromatic carbocycles. The van der Waals surface area contributed by atoms with Crippen molar-refractivity contribution in [2.75, 3.05) is 31.8 Å². The van der Waals surface area contributed by atoms with E-state index in [4.69, 9.17) is 4.74 Å². The highest BCUT2D eigenvalue weighted by atomic mass is 32.2. The van der Waals surface area contributed by atoms with Crippen LogP contribution in [-0.2, 0) is 16.0 Å². The van der Waals surface area contributed by atoms with Crippen molar-refractivity contribution in [3.8, 4) is 11.4 Å². The number of para-hydroxylation sites is 1. The predicted octanol–water partition coefficient (Wildman–Crippen LogP) is 3.34. The van der Waals surface area contributed by atoms with Gasteiger partial charge in [-0.05, 0) is 49.2 Å². The summed E-state index contributed by atoms with van der Waals surface area (Å²) in [5, 5.41) is 11.8. The summed E-state index contributed by atoms with van der Waals surface area (Å²) in [6.45, 7) is 3.86. The van der Waals surface area contributed by atoms with Gasteiger partial charge in [-0.3, -0.25) is 14.2 Å². The number of aromatic nitrogens is 3. The molecule has 0 saturated carbocycles. The minimum atomic E-state index is -0.232. The van der Waals surface area contributed by atoms with Crippen LogP contribution < -0.4 is 10.1 Å². The van der Waals surface area contributed by atoms with Gasteiger partial charge in [-0.2, -0.15) is 0 Å². The van der Waals surface area contributed by atoms with Gasteiger partial charge in [0.05, 0.1) is 19.4 Å². The monoisotopic (exact) mass is 453 g/mol. The Morgan fingerprint density at radius 2 is 1.84 bits per heavy atom. The number of amides is 2. The Labute approximate surface area is 192 Å². The molecule has 0 unspecified atom stereocenters. The third-order valence-corrected chi connectivity index (χ3v) is 5.84. The highest BCUT2D eigenvalue weighted by Gasteiger charge is 2.17. The molecule has 0 saturated heterocycles. The Bertz CT molecular complexity index is 1080. The van der Waals surface area contributed by atoms with Gasteiger partial charge in [-0.1, -0.05) is 36.9 Å². The summed E-state index contributed by atoms with van der Waals surface area (Å²) >= 11 is 1.28. The molecule has 2 amide bonds. The minimum absolute atomic E-state index is 0.0262. The first-order chi connectivity index (χ1) is 15.4. The zero-order chi connectivity index (χ0) is 23.1. The highest BCUT2D eigenvalue weighted by molar-refractivity contribution is 7.99. The van der Waals surface area contributed by atoms with Gasteiger partial charge in [0, 0.05) is 18.4 Å². The maximum Gasteiger partial charge on any atom is 0.243 e. The van der Waals surface area contributed by atoms with E-state index in [9.17, 15) is 9.59 Å². The number of likely N-dealkylation sites (N-methyl/N-ethyl adjacent to an activating group) is 1. The molecule has 9 heteroatoms. The van der Waals surface area contributed by atoms with Crippen molar-refractivity contribution in [1.29, 1.82) is 0 Å². The van der Waals surface area contributed by atoms with Crippen LogP contribution in [0, 0.1) is 6.92 Å². The van der Waals surface area contributed by atoms with E-state index >= 15 is 0 Å². The average molecular weight is 454 g/mol. The Hall–Kier alpha value is -3.33. The molecular formula is C23H27N5O3S. The van der Waals surface area contributed by atoms with Crippen LogP contribution in [0.25, 0.3) is 5.69 Å². The molecule has 0 aliphatic carbocycles. The fraction of sp³-hybridized carbons (Fsp3) is 0.304. The van der Waals surface area contributed by atoms with E-state index in [-0.39, 0.29) is 24.1 Å². The molecule has 0 spiro atoms. The second-order valence-corrected chi connectivity index (χ2v) is 8.10. The molecule has 0 bridgehead atoms. The van der Waals surface area contributed by atoms with Crippen molar-refractivity contribution in [3.63, 3.8) is 0 Å². The minimum Gasteiger partial charge on any atom is -0.497 e. The lowest BCUT2D eigenvalue weighted by molar-refractivity contribution is -0.131. The number of anilines is 1. The second-order valence-electron chi connectivity index (χ2n) is 7.16. The van der Waals surface area contributed by atoms with E-state index in [0.717, 1.165) is 29.1 Å². The lowest BCUT2D eigenvalue weighted by Crippen LogP contribution is -2.36. The lowest BCUT2D eigenvalue weighted by atomic mass is 10.1. The molecule has 0 aliphatic rings. The first kappa shape index (κ1) is 23.3. The SMILES string of the molecule is CCc1ccccc1NC(=O)CN(C)C(=O)CSc1nnc(C)n1-c1ccc(OC)cc1. The summed E-state index contributed by atoms with van der Waals surface area (Å²) in [6, 6.07) is 15.2. The largest absolute Gasteiger partial charge is 0.497 e. The number of aryl methyl sites for hydroxylation is 2. The van der Waals surface area contributed by atoms with Gasteiger partial charge in [0.2, 0.25) is 11.8 Å². The predicted molar refractivity (Wildman–Crippen MR) is 125 cm³/mol. The molecule has 3 rings (SSSR count). The molecule has 1 N–H and O–H groups in total. The topological polar surface area (TPSA) is 89.4 Å². The van der Waals surface area contributed by atoms with Crippen molar-refractivity contribution in [2.45, 2.75) is 25.4 Å². The quantitative estimate of drug-likeness (QED) is 0.500. The van der Waals surface area contributed by atoms with E-state index in [1.54, 1.807) is 14.2 Å². The maximum absolute atomic E-state index is 12.6. The highest BCUT2D eigenvalue weighted by Crippen LogP contribution is 2.23. The molecule has 0 fully saturated rings. The third-order valence-electron chi connectivity index (χ3n) is 4.93. The van der Waals surface area contributed by atoms with Crippen molar-refractivity contribution in [2.24, 2.45) is 0 Å². The van der Waals surface area contributed by atoms with Crippen molar-refractivity contribution < 1.29 is 14.3 Å². The number of nitrogens with zero attached hydrogens (tertiary/aromatic N) is 4. The van der Waals surface area contributed by atoms with E-state index in [0.29, 0.717) is 11.0 Å². The normalized spacial score (nSPS) is 10.6. The van der Waals surface area contributed by atoms with E-state index in [1.165, 1.54) is 16.7 Å². The van der Waals surface area contributed by atoms with Crippen LogP contribution in [0.2, 0.25) is 0 Å². The molecular weight excluding hydrogens is 426 g/mol. The van der Waals surface area contributed by atoms with Crippen molar-refractivity contribution in [3.05, 3.63) is 59.9 Å². The molecule has 1 heterocycles. The fourth-order valence-corrected chi connectivity index (χ4v) is 4.08. The molecule has 0 atom stereocenters. The van der Waals surface area contributed by atoms with Gasteiger partial charge in [-0.15, -0.1) is 10.2 Å². The Morgan fingerprint density at radius 3 is 2.53 bits per heavy atom. The molecule has 3 aromatic rings. The summed E-state index contributed by atoms with van der Waals surface area (Å²) in [5.41, 5.74) is 2.71. The number of hydrogen-bond acceptors (Lipinski definition) is 6. The van der Waals surface area contributed by atoms with Gasteiger partial charge in [0.1, 0.15) is 11.6 Å². The Balaban J connectivity index is 1.59. The third kappa shape index (κ3) is 5.67. The van der Waals surface area contributed by atoms with Crippen LogP contribution in [-0.4, -0.2) is 57.9 Å². The molecule has 0 radical (unpaired) electrons. The number of rotatable bonds is 9. The fourth-order valence-electron chi connectivity index (χ4n) is 3.15. The first-order valence-corrected chi connectivity index (χ1v) is 11.2. The molecule has 168 valence electrons.